The summed E-state index contributed by atoms with van der Waals surface area (Å²) in [6.07, 6.45) is 9.40. The van der Waals surface area contributed by atoms with E-state index in [0.29, 0.717) is 0 Å². The van der Waals surface area contributed by atoms with Crippen molar-refractivity contribution in [2.24, 2.45) is 16.6 Å². The molecule has 108 valence electrons. The van der Waals surface area contributed by atoms with Gasteiger partial charge >= 0.3 is 0 Å². The highest BCUT2D eigenvalue weighted by atomic mass is 15.3. The number of guanidine groups is 1. The van der Waals surface area contributed by atoms with E-state index in [-0.39, 0.29) is 0 Å². The predicted molar refractivity (Wildman–Crippen MR) is 79.2 cm³/mol. The van der Waals surface area contributed by atoms with Crippen LogP contribution in [0.5, 0.6) is 0 Å². The average molecular weight is 264 g/mol. The number of nitrogens with zero attached hydrogens (tertiary/aromatic N) is 3. The molecule has 0 amide bonds. The van der Waals surface area contributed by atoms with Crippen LogP contribution in [0.3, 0.4) is 0 Å². The summed E-state index contributed by atoms with van der Waals surface area (Å²) in [7, 11) is 0. The Labute approximate surface area is 117 Å². The molecular weight excluding hydrogens is 236 g/mol. The Hall–Kier alpha value is -0.770. The molecule has 2 aliphatic heterocycles. The lowest BCUT2D eigenvalue weighted by molar-refractivity contribution is 0.315. The van der Waals surface area contributed by atoms with E-state index in [4.69, 9.17) is 5.73 Å². The molecule has 1 unspecified atom stereocenters. The van der Waals surface area contributed by atoms with Crippen LogP contribution in [0.2, 0.25) is 0 Å². The molecule has 0 aromatic rings. The third kappa shape index (κ3) is 3.62. The van der Waals surface area contributed by atoms with Crippen LogP contribution in [-0.2, 0) is 0 Å². The molecule has 1 saturated carbocycles. The molecule has 0 bridgehead atoms. The molecule has 2 N–H and O–H groups in total. The summed E-state index contributed by atoms with van der Waals surface area (Å²) in [5.74, 6) is 1.54. The van der Waals surface area contributed by atoms with Gasteiger partial charge in [0.15, 0.2) is 5.96 Å². The van der Waals surface area contributed by atoms with Gasteiger partial charge in [-0.2, -0.15) is 0 Å². The Morgan fingerprint density at radius 2 is 1.74 bits per heavy atom. The lowest BCUT2D eigenvalue weighted by atomic mass is 10.1. The summed E-state index contributed by atoms with van der Waals surface area (Å²) in [5, 5.41) is 0. The van der Waals surface area contributed by atoms with E-state index in [9.17, 15) is 0 Å². The molecule has 2 saturated heterocycles. The third-order valence-corrected chi connectivity index (χ3v) is 4.82. The van der Waals surface area contributed by atoms with Crippen molar-refractivity contribution in [1.82, 2.24) is 9.80 Å². The molecule has 2 heterocycles. The van der Waals surface area contributed by atoms with Gasteiger partial charge in [-0.05, 0) is 44.6 Å². The van der Waals surface area contributed by atoms with Gasteiger partial charge in [0.2, 0.25) is 0 Å². The predicted octanol–water partition coefficient (Wildman–Crippen LogP) is 1.66. The lowest BCUT2D eigenvalue weighted by Crippen LogP contribution is -2.38. The van der Waals surface area contributed by atoms with E-state index in [1.54, 1.807) is 0 Å². The first-order valence-electron chi connectivity index (χ1n) is 8.12. The number of likely N-dealkylation sites (tertiary alicyclic amines) is 2. The Morgan fingerprint density at radius 1 is 1.00 bits per heavy atom. The van der Waals surface area contributed by atoms with Crippen molar-refractivity contribution in [3.05, 3.63) is 0 Å². The van der Waals surface area contributed by atoms with Crippen LogP contribution in [0, 0.1) is 5.92 Å². The molecule has 3 fully saturated rings. The van der Waals surface area contributed by atoms with Gasteiger partial charge in [0.05, 0.1) is 0 Å². The fraction of sp³-hybridized carbons (Fsp3) is 0.933. The van der Waals surface area contributed by atoms with Crippen LogP contribution in [0.15, 0.2) is 4.99 Å². The normalized spacial score (nSPS) is 30.6. The summed E-state index contributed by atoms with van der Waals surface area (Å²) in [4.78, 5) is 9.63. The second kappa shape index (κ2) is 6.12. The van der Waals surface area contributed by atoms with Gasteiger partial charge < -0.3 is 15.5 Å². The van der Waals surface area contributed by atoms with Crippen molar-refractivity contribution in [3.63, 3.8) is 0 Å². The summed E-state index contributed by atoms with van der Waals surface area (Å²) in [6, 6.07) is 0.914. The standard InChI is InChI=1S/C15H28N4/c16-15(18-8-3-1-2-4-9-18)17-11-13-7-10-19(12-13)14-5-6-14/h13-14H,1-12H2,(H2,16,17). The minimum Gasteiger partial charge on any atom is -0.370 e. The molecule has 1 atom stereocenters. The van der Waals surface area contributed by atoms with E-state index in [1.807, 2.05) is 0 Å². The number of hydrogen-bond acceptors (Lipinski definition) is 2. The van der Waals surface area contributed by atoms with Crippen LogP contribution < -0.4 is 5.73 Å². The molecule has 3 aliphatic rings. The molecule has 4 nitrogen and oxygen atoms in total. The first-order valence-corrected chi connectivity index (χ1v) is 8.12. The van der Waals surface area contributed by atoms with Gasteiger partial charge in [-0.25, -0.2) is 0 Å². The summed E-state index contributed by atoms with van der Waals surface area (Å²) >= 11 is 0. The van der Waals surface area contributed by atoms with Crippen LogP contribution in [0.1, 0.15) is 44.9 Å². The maximum Gasteiger partial charge on any atom is 0.191 e. The quantitative estimate of drug-likeness (QED) is 0.623. The van der Waals surface area contributed by atoms with Crippen LogP contribution >= 0.6 is 0 Å². The van der Waals surface area contributed by atoms with Gasteiger partial charge in [0.1, 0.15) is 0 Å². The van der Waals surface area contributed by atoms with E-state index in [2.05, 4.69) is 14.8 Å². The Kier molecular flexibility index (Phi) is 4.26. The van der Waals surface area contributed by atoms with Crippen LogP contribution in [-0.4, -0.2) is 54.5 Å². The molecule has 0 radical (unpaired) electrons. The molecule has 0 spiro atoms. The van der Waals surface area contributed by atoms with E-state index in [0.717, 1.165) is 37.6 Å². The molecule has 1 aliphatic carbocycles. The van der Waals surface area contributed by atoms with E-state index >= 15 is 0 Å². The lowest BCUT2D eigenvalue weighted by Gasteiger charge is -2.21. The zero-order valence-corrected chi connectivity index (χ0v) is 12.1. The molecule has 3 rings (SSSR count). The topological polar surface area (TPSA) is 44.9 Å². The minimum atomic E-state index is 0.742. The van der Waals surface area contributed by atoms with Crippen molar-refractivity contribution in [3.8, 4) is 0 Å². The summed E-state index contributed by atoms with van der Waals surface area (Å²) in [6.45, 7) is 5.68. The number of nitrogens with two attached hydrogens (primary N) is 1. The molecular formula is C15H28N4. The Bertz CT molecular complexity index is 316. The van der Waals surface area contributed by atoms with Gasteiger partial charge in [-0.15, -0.1) is 0 Å². The highest BCUT2D eigenvalue weighted by Crippen LogP contribution is 2.31. The summed E-state index contributed by atoms with van der Waals surface area (Å²) < 4.78 is 0. The average Bonchev–Trinajstić information content (AvgIpc) is 3.21. The maximum absolute atomic E-state index is 6.17. The fourth-order valence-electron chi connectivity index (χ4n) is 3.41. The largest absolute Gasteiger partial charge is 0.370 e. The number of hydrogen-bond donors (Lipinski definition) is 1. The van der Waals surface area contributed by atoms with Crippen molar-refractivity contribution in [2.75, 3.05) is 32.7 Å². The smallest absolute Gasteiger partial charge is 0.191 e. The molecule has 0 aromatic heterocycles. The van der Waals surface area contributed by atoms with Crippen molar-refractivity contribution < 1.29 is 0 Å². The van der Waals surface area contributed by atoms with Gasteiger partial charge in [0.25, 0.3) is 0 Å². The van der Waals surface area contributed by atoms with E-state index < -0.39 is 0 Å². The van der Waals surface area contributed by atoms with Gasteiger partial charge in [0, 0.05) is 32.2 Å². The Morgan fingerprint density at radius 3 is 2.42 bits per heavy atom. The highest BCUT2D eigenvalue weighted by molar-refractivity contribution is 5.78. The van der Waals surface area contributed by atoms with Gasteiger partial charge in [-0.1, -0.05) is 12.8 Å². The monoisotopic (exact) mass is 264 g/mol. The Balaban J connectivity index is 1.45. The van der Waals surface area contributed by atoms with Crippen LogP contribution in [0.25, 0.3) is 0 Å². The van der Waals surface area contributed by atoms with Crippen molar-refractivity contribution in [1.29, 1.82) is 0 Å². The fourth-order valence-corrected chi connectivity index (χ4v) is 3.41. The van der Waals surface area contributed by atoms with E-state index in [1.165, 1.54) is 58.0 Å². The van der Waals surface area contributed by atoms with Crippen molar-refractivity contribution >= 4 is 5.96 Å². The first kappa shape index (κ1) is 13.2. The number of aliphatic imine (C=N–C) groups is 1. The molecule has 4 heteroatoms. The summed E-state index contributed by atoms with van der Waals surface area (Å²) in [5.41, 5.74) is 6.17. The minimum absolute atomic E-state index is 0.742. The van der Waals surface area contributed by atoms with Crippen molar-refractivity contribution in [2.45, 2.75) is 51.0 Å². The van der Waals surface area contributed by atoms with Gasteiger partial charge in [-0.3, -0.25) is 4.99 Å². The number of rotatable bonds is 3. The second-order valence-electron chi connectivity index (χ2n) is 6.48. The zero-order valence-electron chi connectivity index (χ0n) is 12.1. The SMILES string of the molecule is NC(=NCC1CCN(C2CC2)C1)N1CCCCCC1. The first-order chi connectivity index (χ1) is 9.33. The molecule has 0 aromatic carbocycles. The molecule has 19 heavy (non-hydrogen) atoms. The highest BCUT2D eigenvalue weighted by Gasteiger charge is 2.34. The second-order valence-corrected chi connectivity index (χ2v) is 6.48. The van der Waals surface area contributed by atoms with Crippen LogP contribution in [0.4, 0.5) is 0 Å². The zero-order chi connectivity index (χ0) is 13.1. The third-order valence-electron chi connectivity index (χ3n) is 4.82. The maximum atomic E-state index is 6.17.